The first-order valence-corrected chi connectivity index (χ1v) is 9.35. The fraction of sp³-hybridized carbons (Fsp3) is 0.105. The van der Waals surface area contributed by atoms with E-state index in [1.54, 1.807) is 24.2 Å². The Morgan fingerprint density at radius 1 is 1.04 bits per heavy atom. The Kier molecular flexibility index (Phi) is 6.22. The number of aromatic amines is 1. The van der Waals surface area contributed by atoms with Gasteiger partial charge in [0.1, 0.15) is 5.82 Å². The number of thioether (sulfide) groups is 1. The minimum absolute atomic E-state index is 0.500. The Morgan fingerprint density at radius 3 is 2.74 bits per heavy atom. The molecule has 3 N–H and O–H groups in total. The average Bonchev–Trinajstić information content (AvgIpc) is 3.20. The van der Waals surface area contributed by atoms with Gasteiger partial charge in [0.2, 0.25) is 5.95 Å². The Bertz CT molecular complexity index is 1020. The number of halogens is 1. The van der Waals surface area contributed by atoms with Crippen molar-refractivity contribution in [2.45, 2.75) is 4.90 Å². The fourth-order valence-corrected chi connectivity index (χ4v) is 2.99. The summed E-state index contributed by atoms with van der Waals surface area (Å²) in [6, 6.07) is 15.9. The maximum absolute atomic E-state index is 9.50. The zero-order chi connectivity index (χ0) is 19.1. The minimum Gasteiger partial charge on any atom is -0.339 e. The molecule has 0 radical (unpaired) electrons. The molecule has 0 saturated carbocycles. The second-order valence-electron chi connectivity index (χ2n) is 5.38. The van der Waals surface area contributed by atoms with Gasteiger partial charge >= 0.3 is 0 Å². The number of alkyl halides is 1. The van der Waals surface area contributed by atoms with Gasteiger partial charge in [0.25, 0.3) is 0 Å². The van der Waals surface area contributed by atoms with E-state index in [0.29, 0.717) is 18.9 Å². The number of hydrogen-bond acceptors (Lipinski definition) is 6. The maximum Gasteiger partial charge on any atom is 0.229 e. The van der Waals surface area contributed by atoms with E-state index in [-0.39, 0.29) is 0 Å². The molecule has 0 fully saturated rings. The predicted molar refractivity (Wildman–Crippen MR) is 110 cm³/mol. The second kappa shape index (κ2) is 9.00. The lowest BCUT2D eigenvalue weighted by atomic mass is 10.2. The van der Waals surface area contributed by atoms with Crippen LogP contribution in [0.1, 0.15) is 0 Å². The van der Waals surface area contributed by atoms with Crippen molar-refractivity contribution < 1.29 is 4.39 Å². The summed E-state index contributed by atoms with van der Waals surface area (Å²) in [6.45, 7) is 0. The third-order valence-electron chi connectivity index (χ3n) is 3.73. The summed E-state index contributed by atoms with van der Waals surface area (Å²) in [6.07, 6.45) is 5.58. The Morgan fingerprint density at radius 2 is 1.89 bits per heavy atom. The summed E-state index contributed by atoms with van der Waals surface area (Å²) in [5, 5.41) is 14.6. The maximum atomic E-state index is 9.50. The van der Waals surface area contributed by atoms with Crippen LogP contribution in [0, 0.1) is 0 Å². The lowest BCUT2D eigenvalue weighted by Crippen LogP contribution is -2.00. The number of fused-ring (bicyclic) bond motifs is 1. The van der Waals surface area contributed by atoms with Crippen LogP contribution in [0.25, 0.3) is 10.9 Å². The third-order valence-corrected chi connectivity index (χ3v) is 4.45. The van der Waals surface area contributed by atoms with Crippen LogP contribution in [-0.4, -0.2) is 33.6 Å². The van der Waals surface area contributed by atoms with Gasteiger partial charge in [-0.05, 0) is 42.7 Å². The van der Waals surface area contributed by atoms with Crippen molar-refractivity contribution in [2.75, 3.05) is 24.1 Å². The van der Waals surface area contributed by atoms with Crippen molar-refractivity contribution in [2.24, 2.45) is 0 Å². The van der Waals surface area contributed by atoms with Gasteiger partial charge in [0.05, 0.1) is 24.6 Å². The van der Waals surface area contributed by atoms with Gasteiger partial charge in [-0.25, -0.2) is 4.98 Å². The standard InChI is InChI=1S/C18H16N6S.CH3F/c1-25-13-5-2-4-12(10-13)21-18-19-9-8-17(23-18)22-15-6-3-7-16-14(15)11-20-24-16;1-2/h2-11H,1H3,(H,20,24)(H2,19,21,22,23);1H3. The van der Waals surface area contributed by atoms with Crippen molar-refractivity contribution in [3.8, 4) is 0 Å². The molecule has 0 aliphatic carbocycles. The first-order chi connectivity index (χ1) is 13.3. The van der Waals surface area contributed by atoms with Crippen LogP contribution in [0.3, 0.4) is 0 Å². The Balaban J connectivity index is 0.00000102. The molecule has 138 valence electrons. The van der Waals surface area contributed by atoms with Crippen LogP contribution in [0.4, 0.5) is 27.5 Å². The van der Waals surface area contributed by atoms with Crippen LogP contribution in [0.2, 0.25) is 0 Å². The molecule has 0 amide bonds. The topological polar surface area (TPSA) is 78.5 Å². The number of nitrogens with one attached hydrogen (secondary N) is 3. The Labute approximate surface area is 160 Å². The highest BCUT2D eigenvalue weighted by atomic mass is 32.2. The summed E-state index contributed by atoms with van der Waals surface area (Å²) in [5.41, 5.74) is 2.88. The molecule has 0 aliphatic rings. The highest BCUT2D eigenvalue weighted by molar-refractivity contribution is 7.98. The Hall–Kier alpha value is -3.13. The van der Waals surface area contributed by atoms with Crippen molar-refractivity contribution in [3.05, 3.63) is 60.9 Å². The van der Waals surface area contributed by atoms with E-state index in [1.807, 2.05) is 36.4 Å². The molecule has 8 heteroatoms. The highest BCUT2D eigenvalue weighted by Gasteiger charge is 2.05. The van der Waals surface area contributed by atoms with Gasteiger partial charge in [0, 0.05) is 22.2 Å². The minimum atomic E-state index is 0.500. The van der Waals surface area contributed by atoms with E-state index < -0.39 is 0 Å². The normalized spacial score (nSPS) is 10.2. The van der Waals surface area contributed by atoms with E-state index in [0.717, 1.165) is 22.3 Å². The van der Waals surface area contributed by atoms with Crippen LogP contribution in [-0.2, 0) is 0 Å². The van der Waals surface area contributed by atoms with E-state index in [1.165, 1.54) is 4.90 Å². The van der Waals surface area contributed by atoms with Crippen LogP contribution in [0.15, 0.2) is 65.8 Å². The van der Waals surface area contributed by atoms with Crippen LogP contribution < -0.4 is 10.6 Å². The molecular formula is C19H19FN6S. The number of anilines is 4. The summed E-state index contributed by atoms with van der Waals surface area (Å²) in [7, 11) is 0.500. The van der Waals surface area contributed by atoms with Gasteiger partial charge in [-0.15, -0.1) is 11.8 Å². The molecule has 4 aromatic rings. The number of aromatic nitrogens is 4. The number of hydrogen-bond donors (Lipinski definition) is 3. The largest absolute Gasteiger partial charge is 0.339 e. The quantitative estimate of drug-likeness (QED) is 0.415. The first-order valence-electron chi connectivity index (χ1n) is 8.13. The highest BCUT2D eigenvalue weighted by Crippen LogP contribution is 2.25. The van der Waals surface area contributed by atoms with Crippen LogP contribution >= 0.6 is 11.8 Å². The SMILES string of the molecule is CF.CSc1cccc(Nc2nccc(Nc3cccc4[nH]ncc34)n2)c1. The first kappa shape index (κ1) is 18.7. The molecule has 0 aliphatic heterocycles. The molecule has 0 atom stereocenters. The number of nitrogens with zero attached hydrogens (tertiary/aromatic N) is 3. The molecule has 2 heterocycles. The molecule has 6 nitrogen and oxygen atoms in total. The van der Waals surface area contributed by atoms with Crippen molar-refractivity contribution in [1.82, 2.24) is 20.2 Å². The van der Waals surface area contributed by atoms with Crippen molar-refractivity contribution >= 4 is 45.8 Å². The van der Waals surface area contributed by atoms with E-state index in [2.05, 4.69) is 49.2 Å². The van der Waals surface area contributed by atoms with Crippen molar-refractivity contribution in [1.29, 1.82) is 0 Å². The van der Waals surface area contributed by atoms with Gasteiger partial charge < -0.3 is 10.6 Å². The smallest absolute Gasteiger partial charge is 0.229 e. The zero-order valence-corrected chi connectivity index (χ0v) is 15.7. The zero-order valence-electron chi connectivity index (χ0n) is 14.9. The van der Waals surface area contributed by atoms with Gasteiger partial charge in [0.15, 0.2) is 0 Å². The van der Waals surface area contributed by atoms with Gasteiger partial charge in [-0.1, -0.05) is 12.1 Å². The lowest BCUT2D eigenvalue weighted by molar-refractivity contribution is 0.636. The fourth-order valence-electron chi connectivity index (χ4n) is 2.53. The molecule has 0 saturated heterocycles. The van der Waals surface area contributed by atoms with E-state index >= 15 is 0 Å². The molecule has 0 unspecified atom stereocenters. The predicted octanol–water partition coefficient (Wildman–Crippen LogP) is 5.15. The van der Waals surface area contributed by atoms with E-state index in [9.17, 15) is 4.39 Å². The molecule has 0 spiro atoms. The molecular weight excluding hydrogens is 363 g/mol. The van der Waals surface area contributed by atoms with Gasteiger partial charge in [-0.3, -0.25) is 9.49 Å². The van der Waals surface area contributed by atoms with Crippen molar-refractivity contribution in [3.63, 3.8) is 0 Å². The summed E-state index contributed by atoms with van der Waals surface area (Å²) >= 11 is 1.70. The molecule has 2 aromatic heterocycles. The molecule has 2 aromatic carbocycles. The number of rotatable bonds is 5. The third kappa shape index (κ3) is 4.53. The van der Waals surface area contributed by atoms with Crippen LogP contribution in [0.5, 0.6) is 0 Å². The van der Waals surface area contributed by atoms with Gasteiger partial charge in [-0.2, -0.15) is 10.1 Å². The number of benzene rings is 2. The summed E-state index contributed by atoms with van der Waals surface area (Å²) in [5.74, 6) is 1.26. The lowest BCUT2D eigenvalue weighted by Gasteiger charge is -2.09. The molecule has 27 heavy (non-hydrogen) atoms. The summed E-state index contributed by atoms with van der Waals surface area (Å²) < 4.78 is 9.50. The summed E-state index contributed by atoms with van der Waals surface area (Å²) in [4.78, 5) is 10.0. The monoisotopic (exact) mass is 382 g/mol. The molecule has 0 bridgehead atoms. The second-order valence-corrected chi connectivity index (χ2v) is 6.26. The van der Waals surface area contributed by atoms with E-state index in [4.69, 9.17) is 0 Å². The number of H-pyrrole nitrogens is 1. The molecule has 4 rings (SSSR count). The average molecular weight is 382 g/mol.